The van der Waals surface area contributed by atoms with Crippen LogP contribution in [0.25, 0.3) is 0 Å². The molecule has 0 spiro atoms. The van der Waals surface area contributed by atoms with Crippen LogP contribution in [0.15, 0.2) is 6.07 Å². The van der Waals surface area contributed by atoms with Gasteiger partial charge >= 0.3 is 0 Å². The number of thiophene rings is 1. The summed E-state index contributed by atoms with van der Waals surface area (Å²) in [5, 5.41) is 3.14. The SMILES string of the molecule is CNCC1CCCCN1C(=O)c1cc(Cl)sc1Cl. The summed E-state index contributed by atoms with van der Waals surface area (Å²) in [5.74, 6) is 0.00287. The largest absolute Gasteiger partial charge is 0.334 e. The lowest BCUT2D eigenvalue weighted by molar-refractivity contribution is 0.0616. The van der Waals surface area contributed by atoms with E-state index in [0.717, 1.165) is 25.9 Å². The van der Waals surface area contributed by atoms with Gasteiger partial charge in [-0.15, -0.1) is 11.3 Å². The Morgan fingerprint density at radius 2 is 2.33 bits per heavy atom. The number of hydrogen-bond donors (Lipinski definition) is 1. The number of rotatable bonds is 3. The second-order valence-electron chi connectivity index (χ2n) is 4.44. The van der Waals surface area contributed by atoms with Crippen LogP contribution in [-0.4, -0.2) is 37.0 Å². The molecule has 1 aliphatic rings. The Labute approximate surface area is 121 Å². The molecule has 0 radical (unpaired) electrons. The number of halogens is 2. The predicted molar refractivity (Wildman–Crippen MR) is 76.9 cm³/mol. The molecule has 1 atom stereocenters. The lowest BCUT2D eigenvalue weighted by atomic mass is 10.0. The molecule has 1 N–H and O–H groups in total. The molecule has 3 nitrogen and oxygen atoms in total. The number of amides is 1. The molecule has 1 aliphatic heterocycles. The fraction of sp³-hybridized carbons (Fsp3) is 0.583. The smallest absolute Gasteiger partial charge is 0.256 e. The number of hydrogen-bond acceptors (Lipinski definition) is 3. The van der Waals surface area contributed by atoms with Crippen LogP contribution < -0.4 is 5.32 Å². The standard InChI is InChI=1S/C12H16Cl2N2OS/c1-15-7-8-4-2-3-5-16(8)12(17)9-6-10(13)18-11(9)14/h6,8,15H,2-5,7H2,1H3. The van der Waals surface area contributed by atoms with E-state index in [0.29, 0.717) is 14.2 Å². The van der Waals surface area contributed by atoms with Gasteiger partial charge in [-0.3, -0.25) is 4.79 Å². The van der Waals surface area contributed by atoms with Gasteiger partial charge in [0.1, 0.15) is 4.34 Å². The maximum atomic E-state index is 12.5. The highest BCUT2D eigenvalue weighted by Crippen LogP contribution is 2.33. The minimum Gasteiger partial charge on any atom is -0.334 e. The third kappa shape index (κ3) is 2.99. The van der Waals surface area contributed by atoms with E-state index in [2.05, 4.69) is 5.32 Å². The first-order valence-electron chi connectivity index (χ1n) is 6.04. The van der Waals surface area contributed by atoms with Crippen molar-refractivity contribution in [2.24, 2.45) is 0 Å². The Bertz CT molecular complexity index is 434. The van der Waals surface area contributed by atoms with E-state index in [9.17, 15) is 4.79 Å². The maximum absolute atomic E-state index is 12.5. The molecule has 1 aromatic heterocycles. The second kappa shape index (κ2) is 6.24. The van der Waals surface area contributed by atoms with Gasteiger partial charge in [-0.1, -0.05) is 23.2 Å². The molecule has 0 aliphatic carbocycles. The molecule has 1 fully saturated rings. The summed E-state index contributed by atoms with van der Waals surface area (Å²) in [5.41, 5.74) is 0.537. The van der Waals surface area contributed by atoms with Crippen molar-refractivity contribution in [3.63, 3.8) is 0 Å². The van der Waals surface area contributed by atoms with Crippen molar-refractivity contribution in [1.29, 1.82) is 0 Å². The van der Waals surface area contributed by atoms with Crippen molar-refractivity contribution >= 4 is 40.4 Å². The normalized spacial score (nSPS) is 20.2. The van der Waals surface area contributed by atoms with E-state index < -0.39 is 0 Å². The van der Waals surface area contributed by atoms with Crippen LogP contribution in [0.1, 0.15) is 29.6 Å². The summed E-state index contributed by atoms with van der Waals surface area (Å²) in [6.45, 7) is 1.62. The van der Waals surface area contributed by atoms with Crippen molar-refractivity contribution in [3.8, 4) is 0 Å². The Morgan fingerprint density at radius 3 is 2.94 bits per heavy atom. The third-order valence-electron chi connectivity index (χ3n) is 3.21. The molecule has 0 bridgehead atoms. The molecule has 6 heteroatoms. The van der Waals surface area contributed by atoms with Gasteiger partial charge in [0.05, 0.1) is 9.90 Å². The van der Waals surface area contributed by atoms with Crippen molar-refractivity contribution in [1.82, 2.24) is 10.2 Å². The molecule has 2 heterocycles. The zero-order valence-corrected chi connectivity index (χ0v) is 12.5. The Hall–Kier alpha value is -0.290. The van der Waals surface area contributed by atoms with Gasteiger partial charge in [0.25, 0.3) is 5.91 Å². The first-order valence-corrected chi connectivity index (χ1v) is 7.61. The van der Waals surface area contributed by atoms with Crippen molar-refractivity contribution in [2.45, 2.75) is 25.3 Å². The summed E-state index contributed by atoms with van der Waals surface area (Å²) >= 11 is 13.2. The van der Waals surface area contributed by atoms with Crippen LogP contribution >= 0.6 is 34.5 Å². The molecule has 1 saturated heterocycles. The van der Waals surface area contributed by atoms with E-state index in [-0.39, 0.29) is 11.9 Å². The Morgan fingerprint density at radius 1 is 1.56 bits per heavy atom. The second-order valence-corrected chi connectivity index (χ2v) is 6.73. The average molecular weight is 307 g/mol. The van der Waals surface area contributed by atoms with E-state index >= 15 is 0 Å². The van der Waals surface area contributed by atoms with Crippen LogP contribution in [-0.2, 0) is 0 Å². The molecule has 1 amide bonds. The van der Waals surface area contributed by atoms with Gasteiger partial charge in [-0.05, 0) is 32.4 Å². The molecule has 100 valence electrons. The maximum Gasteiger partial charge on any atom is 0.256 e. The van der Waals surface area contributed by atoms with Crippen LogP contribution in [0.5, 0.6) is 0 Å². The number of nitrogens with one attached hydrogen (secondary N) is 1. The number of carbonyl (C=O) groups is 1. The first kappa shape index (κ1) is 14.1. The number of likely N-dealkylation sites (N-methyl/N-ethyl adjacent to an activating group) is 1. The minimum atomic E-state index is 0.00287. The van der Waals surface area contributed by atoms with Crippen LogP contribution in [0.3, 0.4) is 0 Å². The molecular weight excluding hydrogens is 291 g/mol. The minimum absolute atomic E-state index is 0.00287. The van der Waals surface area contributed by atoms with Gasteiger partial charge in [0.2, 0.25) is 0 Å². The van der Waals surface area contributed by atoms with Gasteiger partial charge in [0.15, 0.2) is 0 Å². The Kier molecular flexibility index (Phi) is 4.90. The summed E-state index contributed by atoms with van der Waals surface area (Å²) < 4.78 is 1.05. The third-order valence-corrected chi connectivity index (χ3v) is 4.70. The van der Waals surface area contributed by atoms with E-state index in [1.165, 1.54) is 17.8 Å². The van der Waals surface area contributed by atoms with E-state index in [4.69, 9.17) is 23.2 Å². The molecule has 0 aromatic carbocycles. The summed E-state index contributed by atoms with van der Waals surface area (Å²) in [6.07, 6.45) is 3.28. The van der Waals surface area contributed by atoms with Crippen molar-refractivity contribution < 1.29 is 4.79 Å². The van der Waals surface area contributed by atoms with E-state index in [1.54, 1.807) is 6.07 Å². The van der Waals surface area contributed by atoms with Crippen molar-refractivity contribution in [2.75, 3.05) is 20.1 Å². The lowest BCUT2D eigenvalue weighted by Gasteiger charge is -2.35. The monoisotopic (exact) mass is 306 g/mol. The van der Waals surface area contributed by atoms with Crippen LogP contribution in [0, 0.1) is 0 Å². The molecular formula is C12H16Cl2N2OS. The van der Waals surface area contributed by atoms with E-state index in [1.807, 2.05) is 11.9 Å². The number of nitrogens with zero attached hydrogens (tertiary/aromatic N) is 1. The first-order chi connectivity index (χ1) is 8.63. The average Bonchev–Trinajstić information content (AvgIpc) is 2.69. The quantitative estimate of drug-likeness (QED) is 0.929. The highest BCUT2D eigenvalue weighted by atomic mass is 35.5. The molecule has 18 heavy (non-hydrogen) atoms. The number of carbonyl (C=O) groups excluding carboxylic acids is 1. The van der Waals surface area contributed by atoms with Gasteiger partial charge in [-0.25, -0.2) is 0 Å². The highest BCUT2D eigenvalue weighted by Gasteiger charge is 2.28. The summed E-state index contributed by atoms with van der Waals surface area (Å²) in [4.78, 5) is 14.4. The summed E-state index contributed by atoms with van der Waals surface area (Å²) in [7, 11) is 1.91. The fourth-order valence-electron chi connectivity index (χ4n) is 2.36. The lowest BCUT2D eigenvalue weighted by Crippen LogP contribution is -2.48. The number of piperidine rings is 1. The zero-order valence-electron chi connectivity index (χ0n) is 10.2. The van der Waals surface area contributed by atoms with Crippen LogP contribution in [0.2, 0.25) is 8.67 Å². The molecule has 0 saturated carbocycles. The Balaban J connectivity index is 2.18. The fourth-order valence-corrected chi connectivity index (χ4v) is 3.80. The predicted octanol–water partition coefficient (Wildman–Crippen LogP) is 3.27. The highest BCUT2D eigenvalue weighted by molar-refractivity contribution is 7.20. The van der Waals surface area contributed by atoms with Gasteiger partial charge < -0.3 is 10.2 Å². The molecule has 1 unspecified atom stereocenters. The topological polar surface area (TPSA) is 32.3 Å². The van der Waals surface area contributed by atoms with Gasteiger partial charge in [-0.2, -0.15) is 0 Å². The van der Waals surface area contributed by atoms with Gasteiger partial charge in [0, 0.05) is 19.1 Å². The van der Waals surface area contributed by atoms with Crippen LogP contribution in [0.4, 0.5) is 0 Å². The number of likely N-dealkylation sites (tertiary alicyclic amines) is 1. The summed E-state index contributed by atoms with van der Waals surface area (Å²) in [6, 6.07) is 1.92. The zero-order chi connectivity index (χ0) is 13.1. The molecule has 2 rings (SSSR count). The van der Waals surface area contributed by atoms with Crippen molar-refractivity contribution in [3.05, 3.63) is 20.3 Å². The molecule has 1 aromatic rings.